The van der Waals surface area contributed by atoms with Crippen molar-refractivity contribution in [3.05, 3.63) is 90.9 Å². The highest BCUT2D eigenvalue weighted by atomic mass is 16.5. The molecular formula is C38H41N9O3. The van der Waals surface area contributed by atoms with Crippen LogP contribution in [0.3, 0.4) is 0 Å². The third-order valence-electron chi connectivity index (χ3n) is 9.55. The smallest absolute Gasteiger partial charge is 0.237 e. The number of benzene rings is 2. The first-order chi connectivity index (χ1) is 24.4. The van der Waals surface area contributed by atoms with Gasteiger partial charge in [-0.15, -0.1) is 0 Å². The van der Waals surface area contributed by atoms with Crippen molar-refractivity contribution in [3.63, 3.8) is 0 Å². The van der Waals surface area contributed by atoms with Gasteiger partial charge in [-0.05, 0) is 73.8 Å². The third-order valence-corrected chi connectivity index (χ3v) is 9.55. The number of H-pyrrole nitrogens is 1. The second kappa shape index (κ2) is 14.6. The maximum atomic E-state index is 13.9. The molecule has 1 atom stereocenters. The second-order valence-corrected chi connectivity index (χ2v) is 12.9. The van der Waals surface area contributed by atoms with Gasteiger partial charge >= 0.3 is 0 Å². The summed E-state index contributed by atoms with van der Waals surface area (Å²) in [6, 6.07) is 19.7. The molecule has 5 aromatic rings. The van der Waals surface area contributed by atoms with E-state index in [1.807, 2.05) is 54.3 Å². The van der Waals surface area contributed by atoms with Crippen LogP contribution in [0, 0.1) is 5.41 Å². The SMILES string of the molecule is CCNc1cc(-c2n[nH]c3ccc(NC(=O)[C@]4(COC)CCN(CC(=O)N5CC=C(c6ccc(-c7ncccn7)cc6)CC5)C4)cc23)ccn1. The van der Waals surface area contributed by atoms with Crippen LogP contribution in [0.2, 0.25) is 0 Å². The molecule has 3 aromatic heterocycles. The summed E-state index contributed by atoms with van der Waals surface area (Å²) in [6.07, 6.45) is 8.75. The fraction of sp³-hybridized carbons (Fsp3) is 0.316. The number of anilines is 2. The van der Waals surface area contributed by atoms with E-state index in [9.17, 15) is 9.59 Å². The van der Waals surface area contributed by atoms with Gasteiger partial charge in [-0.3, -0.25) is 19.6 Å². The van der Waals surface area contributed by atoms with Crippen molar-refractivity contribution < 1.29 is 14.3 Å². The summed E-state index contributed by atoms with van der Waals surface area (Å²) < 4.78 is 5.59. The summed E-state index contributed by atoms with van der Waals surface area (Å²) >= 11 is 0. The molecule has 7 rings (SSSR count). The number of ether oxygens (including phenoxy) is 1. The van der Waals surface area contributed by atoms with E-state index in [2.05, 4.69) is 58.9 Å². The zero-order valence-corrected chi connectivity index (χ0v) is 28.4. The predicted octanol–water partition coefficient (Wildman–Crippen LogP) is 5.11. The number of amides is 2. The molecule has 50 heavy (non-hydrogen) atoms. The molecule has 0 unspecified atom stereocenters. The van der Waals surface area contributed by atoms with Gasteiger partial charge < -0.3 is 20.3 Å². The summed E-state index contributed by atoms with van der Waals surface area (Å²) in [5, 5.41) is 14.9. The maximum Gasteiger partial charge on any atom is 0.237 e. The number of pyridine rings is 1. The molecular weight excluding hydrogens is 630 g/mol. The van der Waals surface area contributed by atoms with Gasteiger partial charge in [-0.25, -0.2) is 15.0 Å². The van der Waals surface area contributed by atoms with E-state index in [1.54, 1.807) is 31.8 Å². The Morgan fingerprint density at radius 2 is 1.78 bits per heavy atom. The van der Waals surface area contributed by atoms with Gasteiger partial charge in [-0.1, -0.05) is 30.3 Å². The Labute approximate surface area is 291 Å². The van der Waals surface area contributed by atoms with E-state index >= 15 is 0 Å². The van der Waals surface area contributed by atoms with E-state index < -0.39 is 5.41 Å². The van der Waals surface area contributed by atoms with Crippen LogP contribution < -0.4 is 10.6 Å². The fourth-order valence-corrected chi connectivity index (χ4v) is 6.90. The van der Waals surface area contributed by atoms with Gasteiger partial charge in [0.2, 0.25) is 11.8 Å². The third kappa shape index (κ3) is 6.98. The van der Waals surface area contributed by atoms with Crippen molar-refractivity contribution in [1.29, 1.82) is 0 Å². The van der Waals surface area contributed by atoms with Crippen LogP contribution in [0.4, 0.5) is 11.5 Å². The van der Waals surface area contributed by atoms with Gasteiger partial charge in [0.25, 0.3) is 0 Å². The lowest BCUT2D eigenvalue weighted by atomic mass is 9.87. The Hall–Kier alpha value is -5.46. The van der Waals surface area contributed by atoms with Crippen LogP contribution >= 0.6 is 0 Å². The fourth-order valence-electron chi connectivity index (χ4n) is 6.90. The number of nitrogens with zero attached hydrogens (tertiary/aromatic N) is 6. The van der Waals surface area contributed by atoms with Crippen LogP contribution in [0.1, 0.15) is 25.3 Å². The van der Waals surface area contributed by atoms with Crippen molar-refractivity contribution in [2.75, 3.05) is 63.6 Å². The van der Waals surface area contributed by atoms with Crippen LogP contribution in [0.15, 0.2) is 85.3 Å². The minimum absolute atomic E-state index is 0.0665. The molecule has 2 aromatic carbocycles. The number of hydrogen-bond acceptors (Lipinski definition) is 9. The molecule has 0 aliphatic carbocycles. The summed E-state index contributed by atoms with van der Waals surface area (Å²) in [5.74, 6) is 1.43. The number of hydrogen-bond donors (Lipinski definition) is 3. The lowest BCUT2D eigenvalue weighted by Gasteiger charge is -2.30. The molecule has 5 heterocycles. The Bertz CT molecular complexity index is 2010. The number of rotatable bonds is 11. The minimum Gasteiger partial charge on any atom is -0.384 e. The number of methoxy groups -OCH3 is 1. The number of aromatic amines is 1. The van der Waals surface area contributed by atoms with E-state index in [0.717, 1.165) is 52.1 Å². The molecule has 2 aliphatic heterocycles. The monoisotopic (exact) mass is 671 g/mol. The average molecular weight is 672 g/mol. The highest BCUT2D eigenvalue weighted by molar-refractivity contribution is 6.00. The standard InChI is InChI=1S/C38H41N9O3/c1-3-39-33-21-29(11-17-40-33)35-31-22-30(9-10-32(31)44-45-35)43-37(49)38(25-50-2)14-20-46(24-38)23-34(48)47-18-12-27(13-19-47)26-5-7-28(8-6-26)36-41-15-4-16-42-36/h4-12,15-17,21-22H,3,13-14,18-20,23-25H2,1-2H3,(H,39,40)(H,43,49)(H,44,45)/t38-/m1/s1. The van der Waals surface area contributed by atoms with Crippen molar-refractivity contribution in [3.8, 4) is 22.6 Å². The lowest BCUT2D eigenvalue weighted by molar-refractivity contribution is -0.133. The van der Waals surface area contributed by atoms with Gasteiger partial charge in [0.05, 0.1) is 24.1 Å². The first-order valence-electron chi connectivity index (χ1n) is 17.0. The molecule has 0 bridgehead atoms. The van der Waals surface area contributed by atoms with E-state index in [1.165, 1.54) is 5.57 Å². The van der Waals surface area contributed by atoms with E-state index in [4.69, 9.17) is 4.74 Å². The molecule has 0 radical (unpaired) electrons. The van der Waals surface area contributed by atoms with Gasteiger partial charge in [0.1, 0.15) is 11.5 Å². The first-order valence-corrected chi connectivity index (χ1v) is 17.0. The Morgan fingerprint density at radius 3 is 2.54 bits per heavy atom. The van der Waals surface area contributed by atoms with E-state index in [0.29, 0.717) is 44.1 Å². The molecule has 12 nitrogen and oxygen atoms in total. The van der Waals surface area contributed by atoms with Crippen molar-refractivity contribution in [1.82, 2.24) is 34.9 Å². The molecule has 0 saturated carbocycles. The van der Waals surface area contributed by atoms with Crippen LogP contribution in [-0.2, 0) is 14.3 Å². The zero-order valence-electron chi connectivity index (χ0n) is 28.4. The Morgan fingerprint density at radius 1 is 0.960 bits per heavy atom. The van der Waals surface area contributed by atoms with Gasteiger partial charge in [0.15, 0.2) is 5.82 Å². The molecule has 256 valence electrons. The normalized spacial score (nSPS) is 17.9. The highest BCUT2D eigenvalue weighted by Crippen LogP contribution is 2.34. The summed E-state index contributed by atoms with van der Waals surface area (Å²) in [5.41, 5.74) is 5.82. The van der Waals surface area contributed by atoms with Gasteiger partial charge in [0, 0.05) is 74.1 Å². The molecule has 2 aliphatic rings. The van der Waals surface area contributed by atoms with Crippen LogP contribution in [0.25, 0.3) is 39.1 Å². The molecule has 3 N–H and O–H groups in total. The number of likely N-dealkylation sites (tertiary alicyclic amines) is 1. The summed E-state index contributed by atoms with van der Waals surface area (Å²) in [6.45, 7) is 5.60. The highest BCUT2D eigenvalue weighted by Gasteiger charge is 2.45. The zero-order chi connectivity index (χ0) is 34.5. The van der Waals surface area contributed by atoms with E-state index in [-0.39, 0.29) is 25.0 Å². The number of nitrogens with one attached hydrogen (secondary N) is 3. The number of aromatic nitrogens is 5. The maximum absolute atomic E-state index is 13.9. The number of fused-ring (bicyclic) bond motifs is 1. The summed E-state index contributed by atoms with van der Waals surface area (Å²) in [7, 11) is 1.61. The average Bonchev–Trinajstić information content (AvgIpc) is 3.77. The molecule has 0 spiro atoms. The van der Waals surface area contributed by atoms with Crippen molar-refractivity contribution in [2.24, 2.45) is 5.41 Å². The first kappa shape index (κ1) is 33.1. The summed E-state index contributed by atoms with van der Waals surface area (Å²) in [4.78, 5) is 44.3. The molecule has 2 amide bonds. The lowest BCUT2D eigenvalue weighted by Crippen LogP contribution is -2.45. The van der Waals surface area contributed by atoms with Crippen LogP contribution in [0.5, 0.6) is 0 Å². The van der Waals surface area contributed by atoms with Crippen LogP contribution in [-0.4, -0.2) is 99.7 Å². The van der Waals surface area contributed by atoms with Crippen molar-refractivity contribution in [2.45, 2.75) is 19.8 Å². The molecule has 12 heteroatoms. The molecule has 1 saturated heterocycles. The largest absolute Gasteiger partial charge is 0.384 e. The van der Waals surface area contributed by atoms with Crippen molar-refractivity contribution >= 4 is 39.8 Å². The number of carbonyl (C=O) groups is 2. The Balaban J connectivity index is 0.977. The predicted molar refractivity (Wildman–Crippen MR) is 194 cm³/mol. The van der Waals surface area contributed by atoms with Gasteiger partial charge in [-0.2, -0.15) is 5.10 Å². The Kier molecular flexibility index (Phi) is 9.63. The molecule has 1 fully saturated rings. The number of carbonyl (C=O) groups excluding carboxylic acids is 2. The minimum atomic E-state index is -0.777. The second-order valence-electron chi connectivity index (χ2n) is 12.9. The quantitative estimate of drug-likeness (QED) is 0.175. The topological polar surface area (TPSA) is 141 Å².